The molecule has 1 atom stereocenters. The van der Waals surface area contributed by atoms with E-state index < -0.39 is 22.1 Å². The zero-order valence-electron chi connectivity index (χ0n) is 17.1. The van der Waals surface area contributed by atoms with Crippen molar-refractivity contribution >= 4 is 39.3 Å². The summed E-state index contributed by atoms with van der Waals surface area (Å²) in [5, 5.41) is 3.12. The quantitative estimate of drug-likeness (QED) is 0.474. The molecule has 31 heavy (non-hydrogen) atoms. The highest BCUT2D eigenvalue weighted by atomic mass is 32.3. The highest BCUT2D eigenvalue weighted by molar-refractivity contribution is 8.22. The van der Waals surface area contributed by atoms with Crippen molar-refractivity contribution in [1.29, 1.82) is 0 Å². The van der Waals surface area contributed by atoms with Crippen LogP contribution in [0.4, 0.5) is 15.9 Å². The molecule has 0 bridgehead atoms. The van der Waals surface area contributed by atoms with Crippen LogP contribution in [0.15, 0.2) is 41.8 Å². The predicted octanol–water partition coefficient (Wildman–Crippen LogP) is 3.06. The molecule has 0 fully saturated rings. The number of aromatic nitrogens is 3. The molecule has 3 aromatic rings. The molecule has 0 aliphatic carbocycles. The van der Waals surface area contributed by atoms with E-state index in [2.05, 4.69) is 25.3 Å². The van der Waals surface area contributed by atoms with Gasteiger partial charge in [-0.25, -0.2) is 28.6 Å². The first kappa shape index (κ1) is 21.0. The average molecular weight is 447 g/mol. The van der Waals surface area contributed by atoms with Crippen molar-refractivity contribution in [2.24, 2.45) is 10.7 Å². The van der Waals surface area contributed by atoms with Gasteiger partial charge < -0.3 is 15.8 Å². The second-order valence-electron chi connectivity index (χ2n) is 7.30. The Morgan fingerprint density at radius 2 is 2.03 bits per heavy atom. The number of guanidine groups is 1. The Bertz CT molecular complexity index is 1190. The van der Waals surface area contributed by atoms with Crippen molar-refractivity contribution in [3.05, 3.63) is 48.2 Å². The molecule has 1 aromatic carbocycles. The van der Waals surface area contributed by atoms with Gasteiger partial charge in [-0.05, 0) is 25.1 Å². The molecule has 12 heteroatoms. The van der Waals surface area contributed by atoms with Gasteiger partial charge >= 0.3 is 0 Å². The van der Waals surface area contributed by atoms with Gasteiger partial charge in [0.2, 0.25) is 5.96 Å². The van der Waals surface area contributed by atoms with Gasteiger partial charge in [0.25, 0.3) is 0 Å². The summed E-state index contributed by atoms with van der Waals surface area (Å²) in [6.07, 6.45) is 2.93. The smallest absolute Gasteiger partial charge is 0.210 e. The maximum atomic E-state index is 14.8. The summed E-state index contributed by atoms with van der Waals surface area (Å²) in [6.45, 7) is 1.61. The Labute approximate surface area is 179 Å². The number of benzene rings is 1. The molecule has 164 valence electrons. The van der Waals surface area contributed by atoms with Crippen molar-refractivity contribution < 1.29 is 18.2 Å². The van der Waals surface area contributed by atoms with Gasteiger partial charge in [-0.15, -0.1) is 10.8 Å². The molecule has 0 radical (unpaired) electrons. The van der Waals surface area contributed by atoms with Crippen molar-refractivity contribution in [2.45, 2.75) is 12.5 Å². The van der Waals surface area contributed by atoms with Crippen LogP contribution in [0, 0.1) is 5.82 Å². The summed E-state index contributed by atoms with van der Waals surface area (Å²) >= 11 is 0. The van der Waals surface area contributed by atoms with Crippen LogP contribution in [-0.2, 0) is 5.54 Å². The number of methoxy groups -OCH3 is 1. The first-order chi connectivity index (χ1) is 14.6. The summed E-state index contributed by atoms with van der Waals surface area (Å²) in [5.41, 5.74) is 6.37. The van der Waals surface area contributed by atoms with Crippen LogP contribution in [-0.4, -0.2) is 54.2 Å². The normalized spacial score (nSPS) is 21.5. The highest BCUT2D eigenvalue weighted by Crippen LogP contribution is 2.51. The predicted molar refractivity (Wildman–Crippen MR) is 118 cm³/mol. The minimum Gasteiger partial charge on any atom is -0.495 e. The van der Waals surface area contributed by atoms with E-state index in [4.69, 9.17) is 10.5 Å². The third-order valence-electron chi connectivity index (χ3n) is 5.09. The summed E-state index contributed by atoms with van der Waals surface area (Å²) in [6, 6.07) is 6.09. The maximum absolute atomic E-state index is 14.8. The average Bonchev–Trinajstić information content (AvgIpc) is 2.72. The molecule has 2 aromatic heterocycles. The van der Waals surface area contributed by atoms with Gasteiger partial charge in [-0.2, -0.15) is 0 Å². The molecule has 3 heterocycles. The van der Waals surface area contributed by atoms with Crippen LogP contribution in [0.1, 0.15) is 12.5 Å². The van der Waals surface area contributed by atoms with E-state index >= 15 is 0 Å². The van der Waals surface area contributed by atoms with Crippen molar-refractivity contribution in [2.75, 3.05) is 25.2 Å². The molecule has 0 amide bonds. The molecule has 0 unspecified atom stereocenters. The molecule has 0 saturated heterocycles. The van der Waals surface area contributed by atoms with E-state index in [0.29, 0.717) is 28.3 Å². The number of hydrogen-bond donors (Lipinski definition) is 4. The maximum Gasteiger partial charge on any atom is 0.210 e. The fourth-order valence-electron chi connectivity index (χ4n) is 3.40. The van der Waals surface area contributed by atoms with Crippen LogP contribution in [0.2, 0.25) is 0 Å². The number of nitrogens with two attached hydrogens (primary N) is 1. The van der Waals surface area contributed by atoms with Gasteiger partial charge in [0.1, 0.15) is 28.9 Å². The number of fused-ring (bicyclic) bond motifs is 1. The van der Waals surface area contributed by atoms with Crippen LogP contribution >= 0.6 is 10.8 Å². The summed E-state index contributed by atoms with van der Waals surface area (Å²) < 4.78 is 41.9. The lowest BCUT2D eigenvalue weighted by Crippen LogP contribution is -2.47. The third kappa shape index (κ3) is 3.80. The van der Waals surface area contributed by atoms with Gasteiger partial charge in [-0.1, -0.05) is 0 Å². The Morgan fingerprint density at radius 1 is 1.26 bits per heavy atom. The van der Waals surface area contributed by atoms with Gasteiger partial charge in [0.15, 0.2) is 5.82 Å². The van der Waals surface area contributed by atoms with Crippen LogP contribution in [0.3, 0.4) is 0 Å². The highest BCUT2D eigenvalue weighted by Gasteiger charge is 2.41. The molecule has 1 aliphatic heterocycles. The molecule has 5 N–H and O–H groups in total. The Kier molecular flexibility index (Phi) is 5.07. The van der Waals surface area contributed by atoms with Crippen LogP contribution in [0.5, 0.6) is 5.75 Å². The second-order valence-corrected chi connectivity index (χ2v) is 9.40. The molecular weight excluding hydrogens is 425 g/mol. The number of rotatable bonds is 4. The van der Waals surface area contributed by atoms with Crippen molar-refractivity contribution in [1.82, 2.24) is 19.3 Å². The zero-order valence-corrected chi connectivity index (χ0v) is 17.9. The lowest BCUT2D eigenvalue weighted by atomic mass is 9.93. The molecule has 4 rings (SSSR count). The summed E-state index contributed by atoms with van der Waals surface area (Å²) in [7, 11) is -0.269. The fourth-order valence-corrected chi connectivity index (χ4v) is 4.91. The molecule has 1 aliphatic rings. The Balaban J connectivity index is 1.74. The first-order valence-corrected chi connectivity index (χ1v) is 10.9. The van der Waals surface area contributed by atoms with Crippen LogP contribution < -0.4 is 15.8 Å². The van der Waals surface area contributed by atoms with Crippen molar-refractivity contribution in [3.63, 3.8) is 0 Å². The number of ether oxygens (including phenoxy) is 1. The number of nitrogens with one attached hydrogen (secondary N) is 1. The zero-order chi connectivity index (χ0) is 22.4. The molecule has 10 nitrogen and oxygen atoms in total. The van der Waals surface area contributed by atoms with E-state index in [0.717, 1.165) is 4.31 Å². The topological polar surface area (TPSA) is 142 Å². The fraction of sp³-hybridized carbons (Fsp3) is 0.263. The van der Waals surface area contributed by atoms with E-state index in [1.54, 1.807) is 31.3 Å². The lowest BCUT2D eigenvalue weighted by Gasteiger charge is -2.49. The standard InChI is InChI=1S/C19H22FN7O3S/c1-19(9-31(28,29)27(2)18(21)26-19)13-6-11(4-5-14(13)20)25-17-16-15(23-10-24-17)7-12(30-3)8-22-16/h4-8,10,28-29H,9H2,1-3H3,(H2,21,26)(H,23,24,25)/t19-/m0/s1. The minimum atomic E-state index is -3.24. The molecule has 0 saturated carbocycles. The monoisotopic (exact) mass is 447 g/mol. The van der Waals surface area contributed by atoms with Gasteiger partial charge in [0.05, 0.1) is 24.6 Å². The third-order valence-corrected chi connectivity index (χ3v) is 7.11. The van der Waals surface area contributed by atoms with Crippen molar-refractivity contribution in [3.8, 4) is 5.75 Å². The van der Waals surface area contributed by atoms with Crippen LogP contribution in [0.25, 0.3) is 11.0 Å². The minimum absolute atomic E-state index is 0.0774. The lowest BCUT2D eigenvalue weighted by molar-refractivity contribution is 0.391. The summed E-state index contributed by atoms with van der Waals surface area (Å²) in [4.78, 5) is 17.1. The molecular formula is C19H22FN7O3S. The number of halogens is 1. The molecule has 0 spiro atoms. The largest absolute Gasteiger partial charge is 0.495 e. The van der Waals surface area contributed by atoms with E-state index in [-0.39, 0.29) is 17.3 Å². The van der Waals surface area contributed by atoms with E-state index in [9.17, 15) is 13.5 Å². The number of anilines is 2. The van der Waals surface area contributed by atoms with Gasteiger partial charge in [0, 0.05) is 24.4 Å². The number of pyridine rings is 1. The number of nitrogens with zero attached hydrogens (tertiary/aromatic N) is 5. The first-order valence-electron chi connectivity index (χ1n) is 9.20. The number of aliphatic imine (C=N–C) groups is 1. The summed E-state index contributed by atoms with van der Waals surface area (Å²) in [5.74, 6) is 0.165. The van der Waals surface area contributed by atoms with E-state index in [1.807, 2.05) is 0 Å². The van der Waals surface area contributed by atoms with Gasteiger partial charge in [-0.3, -0.25) is 9.11 Å². The number of hydrogen-bond acceptors (Lipinski definition) is 10. The second kappa shape index (κ2) is 7.48. The SMILES string of the molecule is COc1cnc2c(Nc3ccc(F)c([C@]4(C)CS(O)(O)N(C)C(N)=N4)c3)ncnc2c1. The Hall–Kier alpha value is -3.22. The van der Waals surface area contributed by atoms with E-state index in [1.165, 1.54) is 26.6 Å². The Morgan fingerprint density at radius 3 is 2.74 bits per heavy atom.